The summed E-state index contributed by atoms with van der Waals surface area (Å²) in [7, 11) is 0. The Morgan fingerprint density at radius 3 is 2.71 bits per heavy atom. The number of nitriles is 1. The van der Waals surface area contributed by atoms with E-state index in [9.17, 15) is 4.79 Å². The second-order valence-corrected chi connectivity index (χ2v) is 4.33. The highest BCUT2D eigenvalue weighted by molar-refractivity contribution is 6.32. The first-order valence-electron chi connectivity index (χ1n) is 5.14. The van der Waals surface area contributed by atoms with Gasteiger partial charge in [0.1, 0.15) is 11.6 Å². The zero-order chi connectivity index (χ0) is 13.1. The zero-order valence-corrected chi connectivity index (χ0v) is 10.4. The first-order valence-corrected chi connectivity index (χ1v) is 5.52. The van der Waals surface area contributed by atoms with Crippen LogP contribution in [-0.4, -0.2) is 16.6 Å². The summed E-state index contributed by atoms with van der Waals surface area (Å²) in [6.45, 7) is 3.38. The summed E-state index contributed by atoms with van der Waals surface area (Å²) in [5.74, 6) is -0.930. The van der Waals surface area contributed by atoms with Gasteiger partial charge in [-0.3, -0.25) is 0 Å². The zero-order valence-electron chi connectivity index (χ0n) is 9.62. The van der Waals surface area contributed by atoms with E-state index in [0.29, 0.717) is 22.7 Å². The standard InChI is InChI=1S/C12H13ClN2O2/c1-3-12(2,11(16)17)15-9-5-4-8(7-14)10(13)6-9/h4-6,15H,3H2,1-2H3,(H,16,17). The van der Waals surface area contributed by atoms with E-state index in [4.69, 9.17) is 22.0 Å². The van der Waals surface area contributed by atoms with E-state index in [0.717, 1.165) is 0 Å². The van der Waals surface area contributed by atoms with Crippen molar-refractivity contribution in [3.05, 3.63) is 28.8 Å². The van der Waals surface area contributed by atoms with E-state index >= 15 is 0 Å². The largest absolute Gasteiger partial charge is 0.480 e. The van der Waals surface area contributed by atoms with E-state index in [1.54, 1.807) is 32.0 Å². The molecule has 1 aromatic carbocycles. The van der Waals surface area contributed by atoms with Crippen LogP contribution in [0.4, 0.5) is 5.69 Å². The van der Waals surface area contributed by atoms with Crippen molar-refractivity contribution in [1.29, 1.82) is 5.26 Å². The number of carboxylic acids is 1. The van der Waals surface area contributed by atoms with Crippen molar-refractivity contribution in [3.8, 4) is 6.07 Å². The molecule has 0 bridgehead atoms. The summed E-state index contributed by atoms with van der Waals surface area (Å²) in [5.41, 5.74) is -0.0937. The summed E-state index contributed by atoms with van der Waals surface area (Å²) in [4.78, 5) is 11.1. The lowest BCUT2D eigenvalue weighted by Gasteiger charge is -2.26. The third kappa shape index (κ3) is 2.89. The molecule has 0 saturated heterocycles. The van der Waals surface area contributed by atoms with Gasteiger partial charge in [0, 0.05) is 5.69 Å². The lowest BCUT2D eigenvalue weighted by Crippen LogP contribution is -2.42. The number of halogens is 1. The predicted octanol–water partition coefficient (Wildman–Crippen LogP) is 2.88. The number of aliphatic carboxylic acids is 1. The molecule has 0 aliphatic carbocycles. The molecule has 1 rings (SSSR count). The van der Waals surface area contributed by atoms with E-state index in [-0.39, 0.29) is 0 Å². The second-order valence-electron chi connectivity index (χ2n) is 3.92. The molecule has 0 amide bonds. The summed E-state index contributed by atoms with van der Waals surface area (Å²) < 4.78 is 0. The summed E-state index contributed by atoms with van der Waals surface area (Å²) >= 11 is 5.87. The maximum atomic E-state index is 11.1. The highest BCUT2D eigenvalue weighted by atomic mass is 35.5. The minimum absolute atomic E-state index is 0.307. The van der Waals surface area contributed by atoms with Crippen LogP contribution in [0.15, 0.2) is 18.2 Å². The van der Waals surface area contributed by atoms with Gasteiger partial charge in [-0.1, -0.05) is 18.5 Å². The Labute approximate surface area is 105 Å². The molecule has 5 heteroatoms. The average Bonchev–Trinajstić information content (AvgIpc) is 2.29. The lowest BCUT2D eigenvalue weighted by atomic mass is 9.98. The molecule has 0 aromatic heterocycles. The van der Waals surface area contributed by atoms with E-state index in [1.165, 1.54) is 0 Å². The van der Waals surface area contributed by atoms with Crippen LogP contribution in [0.2, 0.25) is 5.02 Å². The number of hydrogen-bond acceptors (Lipinski definition) is 3. The molecule has 0 saturated carbocycles. The molecule has 0 fully saturated rings. The Balaban J connectivity index is 3.00. The number of carboxylic acid groups (broad SMARTS) is 1. The third-order valence-corrected chi connectivity index (χ3v) is 3.00. The fourth-order valence-corrected chi connectivity index (χ4v) is 1.52. The van der Waals surface area contributed by atoms with Gasteiger partial charge < -0.3 is 10.4 Å². The minimum Gasteiger partial charge on any atom is -0.480 e. The fourth-order valence-electron chi connectivity index (χ4n) is 1.30. The van der Waals surface area contributed by atoms with Crippen molar-refractivity contribution in [1.82, 2.24) is 0 Å². The fraction of sp³-hybridized carbons (Fsp3) is 0.333. The van der Waals surface area contributed by atoms with Crippen molar-refractivity contribution < 1.29 is 9.90 Å². The molecular formula is C12H13ClN2O2. The molecule has 1 aromatic rings. The van der Waals surface area contributed by atoms with E-state index < -0.39 is 11.5 Å². The molecule has 0 aliphatic rings. The Bertz CT molecular complexity index is 482. The highest BCUT2D eigenvalue weighted by Gasteiger charge is 2.30. The topological polar surface area (TPSA) is 73.1 Å². The molecule has 90 valence electrons. The van der Waals surface area contributed by atoms with Crippen molar-refractivity contribution in [2.24, 2.45) is 0 Å². The summed E-state index contributed by atoms with van der Waals surface area (Å²) in [5, 5.41) is 21.1. The number of anilines is 1. The van der Waals surface area contributed by atoms with Gasteiger partial charge in [0.15, 0.2) is 0 Å². The molecule has 0 heterocycles. The summed E-state index contributed by atoms with van der Waals surface area (Å²) in [6.07, 6.45) is 0.431. The van der Waals surface area contributed by atoms with Crippen LogP contribution in [0.3, 0.4) is 0 Å². The van der Waals surface area contributed by atoms with Gasteiger partial charge in [-0.2, -0.15) is 5.26 Å². The maximum Gasteiger partial charge on any atom is 0.329 e. The first-order chi connectivity index (χ1) is 7.92. The van der Waals surface area contributed by atoms with Crippen LogP contribution >= 0.6 is 11.6 Å². The number of hydrogen-bond donors (Lipinski definition) is 2. The van der Waals surface area contributed by atoms with Gasteiger partial charge >= 0.3 is 5.97 Å². The monoisotopic (exact) mass is 252 g/mol. The molecule has 1 unspecified atom stereocenters. The van der Waals surface area contributed by atoms with Gasteiger partial charge in [0.05, 0.1) is 10.6 Å². The van der Waals surface area contributed by atoms with Crippen LogP contribution in [0.5, 0.6) is 0 Å². The molecular weight excluding hydrogens is 240 g/mol. The van der Waals surface area contributed by atoms with E-state index in [2.05, 4.69) is 5.32 Å². The van der Waals surface area contributed by atoms with Crippen molar-refractivity contribution in [3.63, 3.8) is 0 Å². The Morgan fingerprint density at radius 1 is 1.65 bits per heavy atom. The Morgan fingerprint density at radius 2 is 2.29 bits per heavy atom. The highest BCUT2D eigenvalue weighted by Crippen LogP contribution is 2.24. The SMILES string of the molecule is CCC(C)(Nc1ccc(C#N)c(Cl)c1)C(=O)O. The molecule has 0 spiro atoms. The number of nitrogens with zero attached hydrogens (tertiary/aromatic N) is 1. The van der Waals surface area contributed by atoms with Gasteiger partial charge in [0.2, 0.25) is 0 Å². The number of carbonyl (C=O) groups is 1. The smallest absolute Gasteiger partial charge is 0.329 e. The van der Waals surface area contributed by atoms with Crippen molar-refractivity contribution in [2.75, 3.05) is 5.32 Å². The van der Waals surface area contributed by atoms with Gasteiger partial charge in [0.25, 0.3) is 0 Å². The van der Waals surface area contributed by atoms with Crippen LogP contribution in [0.1, 0.15) is 25.8 Å². The first kappa shape index (κ1) is 13.3. The van der Waals surface area contributed by atoms with Gasteiger partial charge in [-0.15, -0.1) is 0 Å². The van der Waals surface area contributed by atoms with Crippen molar-refractivity contribution >= 4 is 23.3 Å². The quantitative estimate of drug-likeness (QED) is 0.864. The molecule has 17 heavy (non-hydrogen) atoms. The van der Waals surface area contributed by atoms with Crippen LogP contribution in [0, 0.1) is 11.3 Å². The Kier molecular flexibility index (Phi) is 3.97. The van der Waals surface area contributed by atoms with Crippen LogP contribution in [0.25, 0.3) is 0 Å². The van der Waals surface area contributed by atoms with Gasteiger partial charge in [-0.05, 0) is 31.5 Å². The number of benzene rings is 1. The second kappa shape index (κ2) is 5.07. The third-order valence-electron chi connectivity index (χ3n) is 2.69. The number of rotatable bonds is 4. The number of nitrogens with one attached hydrogen (secondary N) is 1. The molecule has 0 aliphatic heterocycles. The average molecular weight is 253 g/mol. The minimum atomic E-state index is -1.04. The molecule has 1 atom stereocenters. The predicted molar refractivity (Wildman–Crippen MR) is 66.1 cm³/mol. The normalized spacial score (nSPS) is 13.5. The van der Waals surface area contributed by atoms with Gasteiger partial charge in [-0.25, -0.2) is 4.79 Å². The lowest BCUT2D eigenvalue weighted by molar-refractivity contribution is -0.141. The molecule has 4 nitrogen and oxygen atoms in total. The van der Waals surface area contributed by atoms with Crippen molar-refractivity contribution in [2.45, 2.75) is 25.8 Å². The maximum absolute atomic E-state index is 11.1. The molecule has 0 radical (unpaired) electrons. The molecule has 2 N–H and O–H groups in total. The van der Waals surface area contributed by atoms with Crippen LogP contribution in [-0.2, 0) is 4.79 Å². The summed E-state index contributed by atoms with van der Waals surface area (Å²) in [6, 6.07) is 6.70. The van der Waals surface area contributed by atoms with Crippen LogP contribution < -0.4 is 5.32 Å². The Hall–Kier alpha value is -1.73. The van der Waals surface area contributed by atoms with E-state index in [1.807, 2.05) is 6.07 Å².